The van der Waals surface area contributed by atoms with Gasteiger partial charge in [0.15, 0.2) is 5.96 Å². The van der Waals surface area contributed by atoms with Crippen LogP contribution in [0.4, 0.5) is 0 Å². The molecule has 1 aliphatic carbocycles. The Morgan fingerprint density at radius 3 is 2.53 bits per heavy atom. The summed E-state index contributed by atoms with van der Waals surface area (Å²) < 4.78 is 1.94. The number of nitrogens with one attached hydrogen (secondary N) is 2. The number of piperazine rings is 1. The first-order valence-corrected chi connectivity index (χ1v) is 11.7. The van der Waals surface area contributed by atoms with E-state index in [0.717, 1.165) is 64.6 Å². The van der Waals surface area contributed by atoms with Gasteiger partial charge in [-0.2, -0.15) is 5.10 Å². The molecule has 0 unspecified atom stereocenters. The molecule has 2 heterocycles. The molecule has 1 saturated carbocycles. The number of carbonyl (C=O) groups excluding carboxylic acids is 1. The standard InChI is InChI=1S/C24H35N7O/c1-25-24(27-18-21-6-2-3-7-22(21)19-31-12-5-10-28-31)26-11-13-29-14-16-30(17-15-29)23(32)20-8-4-9-20/h2-3,5-7,10,12,20H,4,8-9,11,13-19H2,1H3,(H2,25,26,27). The van der Waals surface area contributed by atoms with Crippen LogP contribution in [0.25, 0.3) is 0 Å². The first-order chi connectivity index (χ1) is 15.7. The highest BCUT2D eigenvalue weighted by atomic mass is 16.2. The quantitative estimate of drug-likeness (QED) is 0.484. The predicted molar refractivity (Wildman–Crippen MR) is 126 cm³/mol. The number of aromatic nitrogens is 2. The van der Waals surface area contributed by atoms with E-state index in [1.54, 1.807) is 13.2 Å². The Kier molecular flexibility index (Phi) is 7.77. The molecule has 1 aliphatic heterocycles. The summed E-state index contributed by atoms with van der Waals surface area (Å²) in [6.45, 7) is 6.85. The van der Waals surface area contributed by atoms with Crippen molar-refractivity contribution < 1.29 is 4.79 Å². The second kappa shape index (κ2) is 11.1. The van der Waals surface area contributed by atoms with Gasteiger partial charge in [0.1, 0.15) is 0 Å². The Morgan fingerprint density at radius 2 is 1.88 bits per heavy atom. The van der Waals surface area contributed by atoms with E-state index in [4.69, 9.17) is 0 Å². The van der Waals surface area contributed by atoms with E-state index in [1.165, 1.54) is 17.5 Å². The second-order valence-corrected chi connectivity index (χ2v) is 8.62. The van der Waals surface area contributed by atoms with Gasteiger partial charge in [-0.1, -0.05) is 30.7 Å². The zero-order valence-electron chi connectivity index (χ0n) is 19.0. The number of carbonyl (C=O) groups is 1. The van der Waals surface area contributed by atoms with Crippen LogP contribution in [-0.2, 0) is 17.9 Å². The molecule has 32 heavy (non-hydrogen) atoms. The van der Waals surface area contributed by atoms with Gasteiger partial charge in [-0.25, -0.2) is 0 Å². The largest absolute Gasteiger partial charge is 0.355 e. The zero-order valence-corrected chi connectivity index (χ0v) is 19.0. The molecule has 0 spiro atoms. The van der Waals surface area contributed by atoms with E-state index in [2.05, 4.69) is 54.8 Å². The third-order valence-electron chi connectivity index (χ3n) is 6.54. The maximum absolute atomic E-state index is 12.4. The molecule has 1 aromatic carbocycles. The monoisotopic (exact) mass is 437 g/mol. The molecule has 8 heteroatoms. The summed E-state index contributed by atoms with van der Waals surface area (Å²) in [6.07, 6.45) is 7.17. The highest BCUT2D eigenvalue weighted by Gasteiger charge is 2.30. The molecule has 172 valence electrons. The molecule has 8 nitrogen and oxygen atoms in total. The molecule has 0 bridgehead atoms. The van der Waals surface area contributed by atoms with Crippen LogP contribution in [0.2, 0.25) is 0 Å². The third kappa shape index (κ3) is 5.88. The van der Waals surface area contributed by atoms with E-state index >= 15 is 0 Å². The molecular formula is C24H35N7O. The number of amides is 1. The van der Waals surface area contributed by atoms with E-state index in [0.29, 0.717) is 18.4 Å². The number of benzene rings is 1. The number of guanidine groups is 1. The van der Waals surface area contributed by atoms with Gasteiger partial charge in [0, 0.05) is 71.2 Å². The Balaban J connectivity index is 1.17. The molecule has 2 aromatic rings. The van der Waals surface area contributed by atoms with E-state index in [-0.39, 0.29) is 0 Å². The van der Waals surface area contributed by atoms with Gasteiger partial charge in [0.2, 0.25) is 5.91 Å². The lowest BCUT2D eigenvalue weighted by atomic mass is 9.84. The van der Waals surface area contributed by atoms with Crippen LogP contribution < -0.4 is 10.6 Å². The summed E-state index contributed by atoms with van der Waals surface area (Å²) in [4.78, 5) is 21.2. The molecule has 1 saturated heterocycles. The van der Waals surface area contributed by atoms with Crippen LogP contribution in [-0.4, -0.2) is 77.8 Å². The van der Waals surface area contributed by atoms with Crippen LogP contribution in [0.15, 0.2) is 47.7 Å². The minimum atomic E-state index is 0.308. The van der Waals surface area contributed by atoms with Crippen molar-refractivity contribution in [3.05, 3.63) is 53.9 Å². The average molecular weight is 438 g/mol. The molecule has 4 rings (SSSR count). The van der Waals surface area contributed by atoms with Crippen LogP contribution in [0, 0.1) is 5.92 Å². The van der Waals surface area contributed by atoms with Crippen molar-refractivity contribution in [2.75, 3.05) is 46.3 Å². The van der Waals surface area contributed by atoms with Crippen molar-refractivity contribution in [1.29, 1.82) is 0 Å². The number of hydrogen-bond acceptors (Lipinski definition) is 4. The van der Waals surface area contributed by atoms with Gasteiger partial charge in [0.25, 0.3) is 0 Å². The fourth-order valence-corrected chi connectivity index (χ4v) is 4.29. The molecule has 2 aliphatic rings. The molecule has 1 aromatic heterocycles. The summed E-state index contributed by atoms with van der Waals surface area (Å²) in [5.74, 6) is 1.49. The number of nitrogens with zero attached hydrogens (tertiary/aromatic N) is 5. The summed E-state index contributed by atoms with van der Waals surface area (Å²) in [6, 6.07) is 10.4. The lowest BCUT2D eigenvalue weighted by molar-refractivity contribution is -0.139. The predicted octanol–water partition coefficient (Wildman–Crippen LogP) is 1.54. The number of aliphatic imine (C=N–C) groups is 1. The van der Waals surface area contributed by atoms with Gasteiger partial charge in [-0.15, -0.1) is 0 Å². The molecule has 2 fully saturated rings. The van der Waals surface area contributed by atoms with Gasteiger partial charge in [0.05, 0.1) is 6.54 Å². The molecular weight excluding hydrogens is 402 g/mol. The Bertz CT molecular complexity index is 884. The summed E-state index contributed by atoms with van der Waals surface area (Å²) in [7, 11) is 1.80. The third-order valence-corrected chi connectivity index (χ3v) is 6.54. The minimum Gasteiger partial charge on any atom is -0.355 e. The van der Waals surface area contributed by atoms with Gasteiger partial charge >= 0.3 is 0 Å². The first-order valence-electron chi connectivity index (χ1n) is 11.7. The van der Waals surface area contributed by atoms with Crippen molar-refractivity contribution >= 4 is 11.9 Å². The highest BCUT2D eigenvalue weighted by molar-refractivity contribution is 5.80. The van der Waals surface area contributed by atoms with Gasteiger partial charge < -0.3 is 15.5 Å². The Labute approximate surface area is 190 Å². The molecule has 1 amide bonds. The van der Waals surface area contributed by atoms with Crippen LogP contribution in [0.1, 0.15) is 30.4 Å². The van der Waals surface area contributed by atoms with E-state index in [1.807, 2.05) is 16.9 Å². The van der Waals surface area contributed by atoms with E-state index in [9.17, 15) is 4.79 Å². The maximum Gasteiger partial charge on any atom is 0.225 e. The van der Waals surface area contributed by atoms with Crippen molar-refractivity contribution in [1.82, 2.24) is 30.2 Å². The lowest BCUT2D eigenvalue weighted by Crippen LogP contribution is -2.52. The second-order valence-electron chi connectivity index (χ2n) is 8.62. The first kappa shape index (κ1) is 22.3. The van der Waals surface area contributed by atoms with E-state index < -0.39 is 0 Å². The summed E-state index contributed by atoms with van der Waals surface area (Å²) in [5, 5.41) is 11.2. The van der Waals surface area contributed by atoms with Crippen molar-refractivity contribution in [2.24, 2.45) is 10.9 Å². The Morgan fingerprint density at radius 1 is 1.09 bits per heavy atom. The zero-order chi connectivity index (χ0) is 22.2. The normalized spacial score (nSPS) is 17.8. The molecule has 0 atom stereocenters. The fraction of sp³-hybridized carbons (Fsp3) is 0.542. The van der Waals surface area contributed by atoms with Crippen molar-refractivity contribution in [2.45, 2.75) is 32.4 Å². The molecule has 0 radical (unpaired) electrons. The van der Waals surface area contributed by atoms with Crippen molar-refractivity contribution in [3.63, 3.8) is 0 Å². The van der Waals surface area contributed by atoms with Crippen LogP contribution >= 0.6 is 0 Å². The van der Waals surface area contributed by atoms with Crippen LogP contribution in [0.3, 0.4) is 0 Å². The van der Waals surface area contributed by atoms with Crippen LogP contribution in [0.5, 0.6) is 0 Å². The lowest BCUT2D eigenvalue weighted by Gasteiger charge is -2.38. The van der Waals surface area contributed by atoms with Gasteiger partial charge in [-0.05, 0) is 30.0 Å². The Hall–Kier alpha value is -2.87. The smallest absolute Gasteiger partial charge is 0.225 e. The van der Waals surface area contributed by atoms with Gasteiger partial charge in [-0.3, -0.25) is 19.4 Å². The average Bonchev–Trinajstić information content (AvgIpc) is 3.29. The summed E-state index contributed by atoms with van der Waals surface area (Å²) >= 11 is 0. The fourth-order valence-electron chi connectivity index (χ4n) is 4.29. The molecule has 2 N–H and O–H groups in total. The number of hydrogen-bond donors (Lipinski definition) is 2. The van der Waals surface area contributed by atoms with Crippen molar-refractivity contribution in [3.8, 4) is 0 Å². The topological polar surface area (TPSA) is 77.8 Å². The maximum atomic E-state index is 12.4. The summed E-state index contributed by atoms with van der Waals surface area (Å²) in [5.41, 5.74) is 2.48. The SMILES string of the molecule is CN=C(NCCN1CCN(C(=O)C2CCC2)CC1)NCc1ccccc1Cn1cccn1. The highest BCUT2D eigenvalue weighted by Crippen LogP contribution is 2.28. The minimum absolute atomic E-state index is 0.308. The number of rotatable bonds is 8.